The minimum absolute atomic E-state index is 0.00819. The molecule has 2 aromatic rings. The fourth-order valence-corrected chi connectivity index (χ4v) is 4.02. The molecule has 0 aromatic carbocycles. The maximum atomic E-state index is 12.6. The Bertz CT molecular complexity index is 891. The summed E-state index contributed by atoms with van der Waals surface area (Å²) in [6.45, 7) is 7.07. The number of amides is 2. The third kappa shape index (κ3) is 7.51. The van der Waals surface area contributed by atoms with Crippen molar-refractivity contribution in [2.45, 2.75) is 71.9 Å². The first-order valence-corrected chi connectivity index (χ1v) is 11.1. The van der Waals surface area contributed by atoms with Gasteiger partial charge in [0.25, 0.3) is 12.4 Å². The molecule has 1 aliphatic rings. The molecule has 2 heterocycles. The third-order valence-corrected chi connectivity index (χ3v) is 5.61. The summed E-state index contributed by atoms with van der Waals surface area (Å²) in [5.41, 5.74) is 3.13. The van der Waals surface area contributed by atoms with Crippen molar-refractivity contribution in [2.75, 3.05) is 6.54 Å². The second-order valence-corrected chi connectivity index (χ2v) is 8.15. The van der Waals surface area contributed by atoms with Gasteiger partial charge in [0.1, 0.15) is 0 Å². The molecule has 2 amide bonds. The summed E-state index contributed by atoms with van der Waals surface area (Å²) in [7, 11) is 0. The Kier molecular flexibility index (Phi) is 9.90. The number of carbonyl (C=O) groups excluding carboxylic acids is 2. The first-order valence-electron chi connectivity index (χ1n) is 11.1. The van der Waals surface area contributed by atoms with Crippen molar-refractivity contribution < 1.29 is 19.5 Å². The van der Waals surface area contributed by atoms with Gasteiger partial charge in [-0.1, -0.05) is 13.3 Å². The van der Waals surface area contributed by atoms with Crippen LogP contribution in [-0.2, 0) is 22.6 Å². The number of H-pyrrole nitrogens is 1. The van der Waals surface area contributed by atoms with Gasteiger partial charge in [0.15, 0.2) is 0 Å². The predicted molar refractivity (Wildman–Crippen MR) is 119 cm³/mol. The maximum absolute atomic E-state index is 12.6. The number of nitrogens with one attached hydrogen (secondary N) is 3. The second-order valence-electron chi connectivity index (χ2n) is 8.15. The van der Waals surface area contributed by atoms with Crippen LogP contribution in [0, 0.1) is 19.8 Å². The highest BCUT2D eigenvalue weighted by molar-refractivity contribution is 5.95. The molecule has 0 saturated heterocycles. The molecule has 32 heavy (non-hydrogen) atoms. The maximum Gasteiger partial charge on any atom is 0.290 e. The number of hydrogen-bond donors (Lipinski definition) is 4. The highest BCUT2D eigenvalue weighted by Gasteiger charge is 2.24. The molecule has 0 radical (unpaired) electrons. The number of carboxylic acid groups (broad SMARTS) is 1. The Morgan fingerprint density at radius 1 is 1.34 bits per heavy atom. The fraction of sp³-hybridized carbons (Fsp3) is 0.591. The molecular formula is C22H34N6O4. The van der Waals surface area contributed by atoms with Crippen LogP contribution < -0.4 is 10.6 Å². The second kappa shape index (κ2) is 12.6. The molecule has 4 N–H and O–H groups in total. The lowest BCUT2D eigenvalue weighted by molar-refractivity contribution is -0.123. The monoisotopic (exact) mass is 446 g/mol. The number of aromatic amines is 1. The van der Waals surface area contributed by atoms with Crippen molar-refractivity contribution in [3.63, 3.8) is 0 Å². The zero-order valence-electron chi connectivity index (χ0n) is 19.1. The van der Waals surface area contributed by atoms with Crippen LogP contribution in [0.15, 0.2) is 12.5 Å². The van der Waals surface area contributed by atoms with Gasteiger partial charge in [-0.05, 0) is 45.4 Å². The normalized spacial score (nSPS) is 17.7. The number of aromatic nitrogens is 4. The van der Waals surface area contributed by atoms with E-state index in [1.165, 1.54) is 0 Å². The van der Waals surface area contributed by atoms with Gasteiger partial charge < -0.3 is 20.7 Å². The van der Waals surface area contributed by atoms with E-state index in [0.717, 1.165) is 55.7 Å². The summed E-state index contributed by atoms with van der Waals surface area (Å²) in [5.74, 6) is 0.315. The Hall–Kier alpha value is -3.17. The zero-order chi connectivity index (χ0) is 23.5. The Labute approximate surface area is 188 Å². The van der Waals surface area contributed by atoms with E-state index in [9.17, 15) is 9.59 Å². The van der Waals surface area contributed by atoms with Crippen LogP contribution in [0.4, 0.5) is 0 Å². The summed E-state index contributed by atoms with van der Waals surface area (Å²) < 4.78 is 1.83. The smallest absolute Gasteiger partial charge is 0.290 e. The molecular weight excluding hydrogens is 412 g/mol. The highest BCUT2D eigenvalue weighted by atomic mass is 16.3. The lowest BCUT2D eigenvalue weighted by atomic mass is 9.85. The molecule has 1 saturated carbocycles. The molecule has 2 atom stereocenters. The summed E-state index contributed by atoms with van der Waals surface area (Å²) in [5, 5.41) is 17.5. The van der Waals surface area contributed by atoms with Gasteiger partial charge >= 0.3 is 0 Å². The highest BCUT2D eigenvalue weighted by Crippen LogP contribution is 2.24. The number of imidazole rings is 1. The van der Waals surface area contributed by atoms with Gasteiger partial charge in [-0.25, -0.2) is 4.98 Å². The van der Waals surface area contributed by atoms with Gasteiger partial charge in [-0.2, -0.15) is 5.10 Å². The van der Waals surface area contributed by atoms with E-state index in [-0.39, 0.29) is 24.3 Å². The quantitative estimate of drug-likeness (QED) is 0.457. The molecule has 0 bridgehead atoms. The lowest BCUT2D eigenvalue weighted by Gasteiger charge is -2.30. The predicted octanol–water partition coefficient (Wildman–Crippen LogP) is 1.98. The molecule has 1 aliphatic carbocycles. The van der Waals surface area contributed by atoms with E-state index in [2.05, 4.69) is 32.6 Å². The van der Waals surface area contributed by atoms with Crippen LogP contribution in [0.25, 0.3) is 0 Å². The molecule has 1 fully saturated rings. The van der Waals surface area contributed by atoms with Crippen LogP contribution in [0.1, 0.15) is 66.5 Å². The summed E-state index contributed by atoms with van der Waals surface area (Å²) in [4.78, 5) is 40.4. The lowest BCUT2D eigenvalue weighted by Crippen LogP contribution is -2.41. The Balaban J connectivity index is 0.00000114. The molecule has 0 spiro atoms. The van der Waals surface area contributed by atoms with Crippen LogP contribution in [0.3, 0.4) is 0 Å². The molecule has 176 valence electrons. The van der Waals surface area contributed by atoms with Gasteiger partial charge in [-0.15, -0.1) is 0 Å². The van der Waals surface area contributed by atoms with E-state index >= 15 is 0 Å². The van der Waals surface area contributed by atoms with E-state index < -0.39 is 0 Å². The van der Waals surface area contributed by atoms with Crippen molar-refractivity contribution >= 4 is 18.3 Å². The molecule has 0 aliphatic heterocycles. The number of carbonyl (C=O) groups is 3. The SMILES string of the molecule is CCCn1cc(C(=O)NC[C@@H]2CCC[C@H](NC(=O)Cc3nc[nH]c3C)C2)c(C)n1.O=CO. The number of nitrogens with zero attached hydrogens (tertiary/aromatic N) is 3. The standard InChI is InChI=1S/C21H32N6O2.CH2O2/c1-4-8-27-12-18(14(2)26-27)21(29)22-11-16-6-5-7-17(9-16)25-20(28)10-19-15(3)23-13-24-19;2-1-3/h12-13,16-17H,4-11H2,1-3H3,(H,22,29)(H,23,24)(H,25,28);1H,(H,2,3)/t16-,17+;/m1./s1. The van der Waals surface area contributed by atoms with Gasteiger partial charge in [-0.3, -0.25) is 19.1 Å². The van der Waals surface area contributed by atoms with Crippen LogP contribution in [-0.4, -0.2) is 55.7 Å². The number of rotatable bonds is 8. The third-order valence-electron chi connectivity index (χ3n) is 5.61. The largest absolute Gasteiger partial charge is 0.483 e. The molecule has 0 unspecified atom stereocenters. The molecule has 10 heteroatoms. The van der Waals surface area contributed by atoms with E-state index in [1.807, 2.05) is 24.7 Å². The van der Waals surface area contributed by atoms with Crippen molar-refractivity contribution in [2.24, 2.45) is 5.92 Å². The average molecular weight is 447 g/mol. The first-order chi connectivity index (χ1) is 15.4. The van der Waals surface area contributed by atoms with Crippen LogP contribution in [0.5, 0.6) is 0 Å². The van der Waals surface area contributed by atoms with Gasteiger partial charge in [0.2, 0.25) is 5.91 Å². The Morgan fingerprint density at radius 2 is 2.09 bits per heavy atom. The topological polar surface area (TPSA) is 142 Å². The van der Waals surface area contributed by atoms with Gasteiger partial charge in [0.05, 0.1) is 29.7 Å². The van der Waals surface area contributed by atoms with E-state index in [0.29, 0.717) is 24.4 Å². The van der Waals surface area contributed by atoms with E-state index in [4.69, 9.17) is 9.90 Å². The fourth-order valence-electron chi connectivity index (χ4n) is 4.02. The number of aryl methyl sites for hydroxylation is 3. The van der Waals surface area contributed by atoms with Crippen molar-refractivity contribution in [3.8, 4) is 0 Å². The van der Waals surface area contributed by atoms with Crippen LogP contribution >= 0.6 is 0 Å². The van der Waals surface area contributed by atoms with Crippen LogP contribution in [0.2, 0.25) is 0 Å². The molecule has 3 rings (SSSR count). The molecule has 2 aromatic heterocycles. The number of hydrogen-bond acceptors (Lipinski definition) is 5. The summed E-state index contributed by atoms with van der Waals surface area (Å²) in [6.07, 6.45) is 8.73. The summed E-state index contributed by atoms with van der Waals surface area (Å²) in [6, 6.07) is 0.159. The molecule has 10 nitrogen and oxygen atoms in total. The van der Waals surface area contributed by atoms with Crippen molar-refractivity contribution in [1.29, 1.82) is 0 Å². The van der Waals surface area contributed by atoms with Crippen molar-refractivity contribution in [3.05, 3.63) is 35.2 Å². The zero-order valence-corrected chi connectivity index (χ0v) is 19.1. The minimum atomic E-state index is -0.250. The van der Waals surface area contributed by atoms with Gasteiger partial charge in [0, 0.05) is 31.0 Å². The van der Waals surface area contributed by atoms with Crippen molar-refractivity contribution in [1.82, 2.24) is 30.4 Å². The minimum Gasteiger partial charge on any atom is -0.483 e. The average Bonchev–Trinajstić information content (AvgIpc) is 3.32. The summed E-state index contributed by atoms with van der Waals surface area (Å²) >= 11 is 0. The van der Waals surface area contributed by atoms with E-state index in [1.54, 1.807) is 6.33 Å². The Morgan fingerprint density at radius 3 is 2.75 bits per heavy atom. The first kappa shape index (κ1) is 25.1.